The molecule has 2 N–H and O–H groups in total. The summed E-state index contributed by atoms with van der Waals surface area (Å²) < 4.78 is 0. The fourth-order valence-electron chi connectivity index (χ4n) is 2.67. The van der Waals surface area contributed by atoms with Gasteiger partial charge in [0.15, 0.2) is 0 Å². The van der Waals surface area contributed by atoms with Crippen LogP contribution in [0.1, 0.15) is 36.0 Å². The molecule has 3 heteroatoms. The van der Waals surface area contributed by atoms with Gasteiger partial charge in [-0.05, 0) is 55.4 Å². The minimum Gasteiger partial charge on any atom is -0.399 e. The van der Waals surface area contributed by atoms with E-state index in [9.17, 15) is 4.79 Å². The molecule has 2 aliphatic rings. The first-order chi connectivity index (χ1) is 8.19. The number of anilines is 1. The number of amides is 1. The van der Waals surface area contributed by atoms with Crippen LogP contribution in [0.2, 0.25) is 0 Å². The number of benzene rings is 1. The van der Waals surface area contributed by atoms with Crippen molar-refractivity contribution in [2.24, 2.45) is 5.41 Å². The minimum absolute atomic E-state index is 0.153. The number of rotatable bonds is 1. The van der Waals surface area contributed by atoms with Crippen LogP contribution in [0.25, 0.3) is 0 Å². The first-order valence-corrected chi connectivity index (χ1v) is 6.33. The molecule has 3 rings (SSSR count). The van der Waals surface area contributed by atoms with E-state index < -0.39 is 0 Å². The second kappa shape index (κ2) is 3.76. The third-order valence-electron chi connectivity index (χ3n) is 4.23. The smallest absolute Gasteiger partial charge is 0.253 e. The van der Waals surface area contributed by atoms with Crippen LogP contribution in [0.15, 0.2) is 24.3 Å². The van der Waals surface area contributed by atoms with Crippen LogP contribution in [0.5, 0.6) is 0 Å². The third-order valence-corrected chi connectivity index (χ3v) is 4.23. The molecule has 1 heterocycles. The number of nitrogens with two attached hydrogens (primary N) is 1. The standard InChI is InChI=1S/C14H18N2O/c15-12-3-1-11(2-4-12)13(17)16-9-7-14(5-6-14)8-10-16/h1-4H,5-10,15H2. The van der Waals surface area contributed by atoms with E-state index in [-0.39, 0.29) is 5.91 Å². The summed E-state index contributed by atoms with van der Waals surface area (Å²) in [7, 11) is 0. The molecule has 0 radical (unpaired) electrons. The molecule has 0 bridgehead atoms. The monoisotopic (exact) mass is 230 g/mol. The summed E-state index contributed by atoms with van der Waals surface area (Å²) in [4.78, 5) is 14.2. The van der Waals surface area contributed by atoms with Crippen molar-refractivity contribution < 1.29 is 4.79 Å². The topological polar surface area (TPSA) is 46.3 Å². The maximum absolute atomic E-state index is 12.2. The minimum atomic E-state index is 0.153. The van der Waals surface area contributed by atoms with Crippen molar-refractivity contribution in [1.29, 1.82) is 0 Å². The predicted molar refractivity (Wildman–Crippen MR) is 67.7 cm³/mol. The molecule has 0 unspecified atom stereocenters. The molecule has 1 spiro atoms. The lowest BCUT2D eigenvalue weighted by molar-refractivity contribution is 0.0678. The Hall–Kier alpha value is -1.51. The number of hydrogen-bond donors (Lipinski definition) is 1. The molecule has 0 aromatic heterocycles. The average Bonchev–Trinajstić information content (AvgIpc) is 3.10. The van der Waals surface area contributed by atoms with Gasteiger partial charge in [0.1, 0.15) is 0 Å². The maximum Gasteiger partial charge on any atom is 0.253 e. The summed E-state index contributed by atoms with van der Waals surface area (Å²) in [5.74, 6) is 0.153. The van der Waals surface area contributed by atoms with E-state index in [1.807, 2.05) is 17.0 Å². The lowest BCUT2D eigenvalue weighted by Gasteiger charge is -2.32. The van der Waals surface area contributed by atoms with E-state index in [1.165, 1.54) is 25.7 Å². The zero-order chi connectivity index (χ0) is 11.9. The van der Waals surface area contributed by atoms with Gasteiger partial charge in [-0.2, -0.15) is 0 Å². The molecule has 17 heavy (non-hydrogen) atoms. The molecule has 2 fully saturated rings. The molecular weight excluding hydrogens is 212 g/mol. The predicted octanol–water partition coefficient (Wildman–Crippen LogP) is 2.29. The zero-order valence-corrected chi connectivity index (χ0v) is 9.98. The summed E-state index contributed by atoms with van der Waals surface area (Å²) in [6.07, 6.45) is 5.12. The number of carbonyl (C=O) groups is 1. The van der Waals surface area contributed by atoms with Gasteiger partial charge in [0, 0.05) is 24.3 Å². The Bertz CT molecular complexity index is 424. The Kier molecular flexibility index (Phi) is 2.35. The third kappa shape index (κ3) is 2.02. The number of hydrogen-bond acceptors (Lipinski definition) is 2. The van der Waals surface area contributed by atoms with E-state index in [4.69, 9.17) is 5.73 Å². The van der Waals surface area contributed by atoms with Crippen molar-refractivity contribution in [1.82, 2.24) is 4.90 Å². The average molecular weight is 230 g/mol. The molecule has 90 valence electrons. The quantitative estimate of drug-likeness (QED) is 0.752. The van der Waals surface area contributed by atoms with Crippen molar-refractivity contribution in [3.8, 4) is 0 Å². The second-order valence-electron chi connectivity index (χ2n) is 5.41. The van der Waals surface area contributed by atoms with E-state index in [2.05, 4.69) is 0 Å². The van der Waals surface area contributed by atoms with Gasteiger partial charge in [-0.3, -0.25) is 4.79 Å². The fraction of sp³-hybridized carbons (Fsp3) is 0.500. The molecular formula is C14H18N2O. The van der Waals surface area contributed by atoms with Gasteiger partial charge < -0.3 is 10.6 Å². The highest BCUT2D eigenvalue weighted by Gasteiger charge is 2.45. The Labute approximate surface area is 102 Å². The van der Waals surface area contributed by atoms with Gasteiger partial charge in [0.25, 0.3) is 5.91 Å². The lowest BCUT2D eigenvalue weighted by Crippen LogP contribution is -2.39. The molecule has 1 aliphatic carbocycles. The first-order valence-electron chi connectivity index (χ1n) is 6.33. The van der Waals surface area contributed by atoms with Gasteiger partial charge in [0.05, 0.1) is 0 Å². The van der Waals surface area contributed by atoms with Crippen molar-refractivity contribution in [3.05, 3.63) is 29.8 Å². The van der Waals surface area contributed by atoms with Crippen molar-refractivity contribution in [3.63, 3.8) is 0 Å². The number of nitrogens with zero attached hydrogens (tertiary/aromatic N) is 1. The van der Waals surface area contributed by atoms with Crippen molar-refractivity contribution >= 4 is 11.6 Å². The number of likely N-dealkylation sites (tertiary alicyclic amines) is 1. The Balaban J connectivity index is 1.68. The van der Waals surface area contributed by atoms with Crippen molar-refractivity contribution in [2.75, 3.05) is 18.8 Å². The summed E-state index contributed by atoms with van der Waals surface area (Å²) >= 11 is 0. The lowest BCUT2D eigenvalue weighted by atomic mass is 9.93. The Morgan fingerprint density at radius 3 is 2.18 bits per heavy atom. The highest BCUT2D eigenvalue weighted by Crippen LogP contribution is 2.53. The van der Waals surface area contributed by atoms with Crippen LogP contribution in [-0.4, -0.2) is 23.9 Å². The molecule has 1 saturated carbocycles. The summed E-state index contributed by atoms with van der Waals surface area (Å²) in [5, 5.41) is 0. The molecule has 1 saturated heterocycles. The number of piperidine rings is 1. The van der Waals surface area contributed by atoms with E-state index in [0.717, 1.165) is 18.7 Å². The molecule has 1 aliphatic heterocycles. The first kappa shape index (κ1) is 10.6. The zero-order valence-electron chi connectivity index (χ0n) is 9.98. The van der Waals surface area contributed by atoms with Crippen LogP contribution in [0.4, 0.5) is 5.69 Å². The normalized spacial score (nSPS) is 21.5. The van der Waals surface area contributed by atoms with Crippen LogP contribution in [0, 0.1) is 5.41 Å². The molecule has 3 nitrogen and oxygen atoms in total. The molecule has 1 amide bonds. The van der Waals surface area contributed by atoms with Crippen LogP contribution in [-0.2, 0) is 0 Å². The van der Waals surface area contributed by atoms with E-state index in [0.29, 0.717) is 11.1 Å². The fourth-order valence-corrected chi connectivity index (χ4v) is 2.67. The number of carbonyl (C=O) groups excluding carboxylic acids is 1. The molecule has 1 aromatic carbocycles. The highest BCUT2D eigenvalue weighted by molar-refractivity contribution is 5.94. The summed E-state index contributed by atoms with van der Waals surface area (Å²) in [5.41, 5.74) is 7.71. The van der Waals surface area contributed by atoms with E-state index in [1.54, 1.807) is 12.1 Å². The second-order valence-corrected chi connectivity index (χ2v) is 5.41. The Morgan fingerprint density at radius 2 is 1.65 bits per heavy atom. The van der Waals surface area contributed by atoms with Crippen LogP contribution < -0.4 is 5.73 Å². The van der Waals surface area contributed by atoms with Gasteiger partial charge >= 0.3 is 0 Å². The van der Waals surface area contributed by atoms with Gasteiger partial charge in [0.2, 0.25) is 0 Å². The summed E-state index contributed by atoms with van der Waals surface area (Å²) in [6, 6.07) is 7.22. The molecule has 1 aromatic rings. The van der Waals surface area contributed by atoms with Crippen molar-refractivity contribution in [2.45, 2.75) is 25.7 Å². The van der Waals surface area contributed by atoms with Crippen LogP contribution in [0.3, 0.4) is 0 Å². The van der Waals surface area contributed by atoms with Gasteiger partial charge in [-0.15, -0.1) is 0 Å². The highest BCUT2D eigenvalue weighted by atomic mass is 16.2. The largest absolute Gasteiger partial charge is 0.399 e. The molecule has 0 atom stereocenters. The van der Waals surface area contributed by atoms with E-state index >= 15 is 0 Å². The SMILES string of the molecule is Nc1ccc(C(=O)N2CCC3(CC2)CC3)cc1. The Morgan fingerprint density at radius 1 is 1.06 bits per heavy atom. The van der Waals surface area contributed by atoms with Gasteiger partial charge in [-0.25, -0.2) is 0 Å². The van der Waals surface area contributed by atoms with Crippen LogP contribution >= 0.6 is 0 Å². The number of nitrogen functional groups attached to an aromatic ring is 1. The van der Waals surface area contributed by atoms with Gasteiger partial charge in [-0.1, -0.05) is 0 Å². The summed E-state index contributed by atoms with van der Waals surface area (Å²) in [6.45, 7) is 1.84. The maximum atomic E-state index is 12.2.